The maximum Gasteiger partial charge on any atom is 0.323 e. The minimum atomic E-state index is -0.543. The average molecular weight is 355 g/mol. The van der Waals surface area contributed by atoms with Gasteiger partial charge in [-0.05, 0) is 35.9 Å². The summed E-state index contributed by atoms with van der Waals surface area (Å²) < 4.78 is 26.6. The molecule has 1 atom stereocenters. The van der Waals surface area contributed by atoms with Crippen molar-refractivity contribution < 1.29 is 13.6 Å². The molecule has 0 aromatic heterocycles. The molecular weight excluding hydrogens is 342 g/mol. The fourth-order valence-electron chi connectivity index (χ4n) is 2.38. The zero-order valence-corrected chi connectivity index (χ0v) is 13.5. The Bertz CT molecular complexity index is 744. The van der Waals surface area contributed by atoms with Gasteiger partial charge < -0.3 is 10.2 Å². The molecule has 0 spiro atoms. The van der Waals surface area contributed by atoms with Crippen molar-refractivity contribution in [1.82, 2.24) is 4.90 Å². The van der Waals surface area contributed by atoms with Crippen LogP contribution in [-0.2, 0) is 0 Å². The molecule has 0 radical (unpaired) electrons. The van der Waals surface area contributed by atoms with E-state index in [4.69, 9.17) is 11.6 Å². The van der Waals surface area contributed by atoms with E-state index in [0.29, 0.717) is 12.2 Å². The topological polar surface area (TPSA) is 32.3 Å². The number of nitrogens with zero attached hydrogens (tertiary/aromatic N) is 1. The maximum atomic E-state index is 13.4. The van der Waals surface area contributed by atoms with Gasteiger partial charge in [-0.25, -0.2) is 13.6 Å². The van der Waals surface area contributed by atoms with Crippen LogP contribution in [0.15, 0.2) is 42.5 Å². The molecular formula is C16H13ClF2N2OS. The van der Waals surface area contributed by atoms with Crippen molar-refractivity contribution in [2.24, 2.45) is 0 Å². The van der Waals surface area contributed by atoms with E-state index < -0.39 is 5.82 Å². The van der Waals surface area contributed by atoms with Gasteiger partial charge in [-0.3, -0.25) is 0 Å². The van der Waals surface area contributed by atoms with Gasteiger partial charge in [0.05, 0.1) is 5.02 Å². The highest BCUT2D eigenvalue weighted by Crippen LogP contribution is 2.38. The van der Waals surface area contributed by atoms with E-state index in [2.05, 4.69) is 5.32 Å². The number of rotatable bonds is 2. The highest BCUT2D eigenvalue weighted by Gasteiger charge is 2.31. The van der Waals surface area contributed by atoms with Gasteiger partial charge >= 0.3 is 6.03 Å². The fourth-order valence-corrected chi connectivity index (χ4v) is 3.81. The van der Waals surface area contributed by atoms with Crippen molar-refractivity contribution >= 4 is 35.1 Å². The monoisotopic (exact) mass is 354 g/mol. The third-order valence-electron chi connectivity index (χ3n) is 3.46. The molecule has 2 amide bonds. The summed E-state index contributed by atoms with van der Waals surface area (Å²) >= 11 is 7.28. The molecule has 1 aliphatic rings. The van der Waals surface area contributed by atoms with Crippen LogP contribution in [0.5, 0.6) is 0 Å². The smallest absolute Gasteiger partial charge is 0.308 e. The van der Waals surface area contributed by atoms with Crippen molar-refractivity contribution in [3.05, 3.63) is 64.7 Å². The number of hydrogen-bond donors (Lipinski definition) is 1. The van der Waals surface area contributed by atoms with E-state index in [1.165, 1.54) is 30.3 Å². The number of halogens is 3. The molecule has 3 rings (SSSR count). The number of anilines is 1. The highest BCUT2D eigenvalue weighted by molar-refractivity contribution is 7.99. The second kappa shape index (κ2) is 6.76. The molecule has 1 N–H and O–H groups in total. The molecule has 1 unspecified atom stereocenters. The molecule has 0 saturated carbocycles. The van der Waals surface area contributed by atoms with Gasteiger partial charge in [-0.1, -0.05) is 23.7 Å². The molecule has 2 aromatic carbocycles. The Morgan fingerprint density at radius 1 is 1.26 bits per heavy atom. The number of hydrogen-bond acceptors (Lipinski definition) is 2. The molecule has 7 heteroatoms. The molecule has 1 fully saturated rings. The predicted octanol–water partition coefficient (Wildman–Crippen LogP) is 4.90. The fraction of sp³-hybridized carbons (Fsp3) is 0.188. The lowest BCUT2D eigenvalue weighted by Gasteiger charge is -2.24. The third-order valence-corrected chi connectivity index (χ3v) is 5.01. The van der Waals surface area contributed by atoms with Gasteiger partial charge in [0.1, 0.15) is 17.0 Å². The van der Waals surface area contributed by atoms with Gasteiger partial charge in [0.15, 0.2) is 0 Å². The normalized spacial score (nSPS) is 17.3. The van der Waals surface area contributed by atoms with Crippen LogP contribution in [-0.4, -0.2) is 23.2 Å². The third kappa shape index (κ3) is 3.59. The van der Waals surface area contributed by atoms with E-state index in [0.717, 1.165) is 11.3 Å². The van der Waals surface area contributed by atoms with Crippen LogP contribution in [0.4, 0.5) is 19.3 Å². The average Bonchev–Trinajstić information content (AvgIpc) is 3.00. The van der Waals surface area contributed by atoms with Gasteiger partial charge in [0.2, 0.25) is 0 Å². The number of carbonyl (C=O) groups excluding carboxylic acids is 1. The molecule has 0 bridgehead atoms. The van der Waals surface area contributed by atoms with Crippen LogP contribution in [0.25, 0.3) is 0 Å². The summed E-state index contributed by atoms with van der Waals surface area (Å²) in [5, 5.41) is 2.39. The van der Waals surface area contributed by atoms with E-state index in [-0.39, 0.29) is 22.2 Å². The second-order valence-corrected chi connectivity index (χ2v) is 6.63. The Morgan fingerprint density at radius 2 is 2.09 bits per heavy atom. The summed E-state index contributed by atoms with van der Waals surface area (Å²) in [6.45, 7) is 0.548. The minimum Gasteiger partial charge on any atom is -0.308 e. The lowest BCUT2D eigenvalue weighted by Crippen LogP contribution is -2.34. The van der Waals surface area contributed by atoms with Crippen molar-refractivity contribution in [1.29, 1.82) is 0 Å². The summed E-state index contributed by atoms with van der Waals surface area (Å²) in [6.07, 6.45) is 0. The summed E-state index contributed by atoms with van der Waals surface area (Å²) in [6, 6.07) is 9.88. The van der Waals surface area contributed by atoms with E-state index in [1.54, 1.807) is 28.8 Å². The van der Waals surface area contributed by atoms with Gasteiger partial charge in [0.25, 0.3) is 0 Å². The molecule has 1 aliphatic heterocycles. The van der Waals surface area contributed by atoms with Gasteiger partial charge in [-0.2, -0.15) is 0 Å². The number of urea groups is 1. The van der Waals surface area contributed by atoms with Crippen molar-refractivity contribution in [2.75, 3.05) is 17.6 Å². The predicted molar refractivity (Wildman–Crippen MR) is 88.7 cm³/mol. The number of amides is 2. The molecule has 0 aliphatic carbocycles. The standard InChI is InChI=1S/C16H13ClF2N2OS/c17-13-9-12(4-5-14(13)19)20-16(22)21-6-7-23-15(21)10-2-1-3-11(18)8-10/h1-5,8-9,15H,6-7H2,(H,20,22). The number of nitrogens with one attached hydrogen (secondary N) is 1. The lowest BCUT2D eigenvalue weighted by molar-refractivity contribution is 0.214. The van der Waals surface area contributed by atoms with Crippen LogP contribution < -0.4 is 5.32 Å². The summed E-state index contributed by atoms with van der Waals surface area (Å²) in [4.78, 5) is 14.1. The van der Waals surface area contributed by atoms with Crippen LogP contribution >= 0.6 is 23.4 Å². The van der Waals surface area contributed by atoms with E-state index in [1.807, 2.05) is 0 Å². The highest BCUT2D eigenvalue weighted by atomic mass is 35.5. The number of thioether (sulfide) groups is 1. The maximum absolute atomic E-state index is 13.4. The number of carbonyl (C=O) groups is 1. The zero-order valence-electron chi connectivity index (χ0n) is 11.9. The Kier molecular flexibility index (Phi) is 4.73. The molecule has 1 saturated heterocycles. The van der Waals surface area contributed by atoms with E-state index >= 15 is 0 Å². The molecule has 3 nitrogen and oxygen atoms in total. The van der Waals surface area contributed by atoms with E-state index in [9.17, 15) is 13.6 Å². The second-order valence-electron chi connectivity index (χ2n) is 5.03. The minimum absolute atomic E-state index is 0.0553. The quantitative estimate of drug-likeness (QED) is 0.832. The van der Waals surface area contributed by atoms with Crippen molar-refractivity contribution in [2.45, 2.75) is 5.37 Å². The Labute approximate surface area is 141 Å². The molecule has 2 aromatic rings. The van der Waals surface area contributed by atoms with Crippen molar-refractivity contribution in [3.8, 4) is 0 Å². The molecule has 1 heterocycles. The summed E-state index contributed by atoms with van der Waals surface area (Å²) in [5.41, 5.74) is 1.15. The first-order valence-electron chi connectivity index (χ1n) is 6.94. The SMILES string of the molecule is O=C(Nc1ccc(F)c(Cl)c1)N1CCSC1c1cccc(F)c1. The molecule has 23 heavy (non-hydrogen) atoms. The Morgan fingerprint density at radius 3 is 2.83 bits per heavy atom. The zero-order chi connectivity index (χ0) is 16.4. The van der Waals surface area contributed by atoms with Crippen LogP contribution in [0, 0.1) is 11.6 Å². The Balaban J connectivity index is 1.76. The van der Waals surface area contributed by atoms with Gasteiger partial charge in [-0.15, -0.1) is 11.8 Å². The Hall–Kier alpha value is -1.79. The van der Waals surface area contributed by atoms with Crippen molar-refractivity contribution in [3.63, 3.8) is 0 Å². The lowest BCUT2D eigenvalue weighted by atomic mass is 10.2. The molecule has 120 valence electrons. The first kappa shape index (κ1) is 16.1. The van der Waals surface area contributed by atoms with Crippen LogP contribution in [0.2, 0.25) is 5.02 Å². The first-order chi connectivity index (χ1) is 11.0. The largest absolute Gasteiger partial charge is 0.323 e. The van der Waals surface area contributed by atoms with Crippen LogP contribution in [0.1, 0.15) is 10.9 Å². The summed E-state index contributed by atoms with van der Waals surface area (Å²) in [7, 11) is 0. The van der Waals surface area contributed by atoms with Gasteiger partial charge in [0, 0.05) is 18.0 Å². The number of benzene rings is 2. The van der Waals surface area contributed by atoms with Crippen LogP contribution in [0.3, 0.4) is 0 Å². The first-order valence-corrected chi connectivity index (χ1v) is 8.37. The summed E-state index contributed by atoms with van der Waals surface area (Å²) in [5.74, 6) is -0.113.